The van der Waals surface area contributed by atoms with Crippen molar-refractivity contribution < 1.29 is 9.53 Å². The van der Waals surface area contributed by atoms with Gasteiger partial charge >= 0.3 is 0 Å². The van der Waals surface area contributed by atoms with E-state index in [0.29, 0.717) is 39.8 Å². The molecule has 2 rings (SSSR count). The van der Waals surface area contributed by atoms with Crippen molar-refractivity contribution in [3.05, 3.63) is 20.3 Å². The Morgan fingerprint density at radius 1 is 1.59 bits per heavy atom. The smallest absolute Gasteiger partial charge is 0.256 e. The summed E-state index contributed by atoms with van der Waals surface area (Å²) >= 11 is 18.7. The van der Waals surface area contributed by atoms with Gasteiger partial charge in [0, 0.05) is 13.1 Å². The number of carbonyl (C=O) groups is 1. The fraction of sp³-hybridized carbons (Fsp3) is 0.500. The van der Waals surface area contributed by atoms with E-state index >= 15 is 0 Å². The second kappa shape index (κ2) is 5.76. The van der Waals surface area contributed by atoms with Crippen LogP contribution in [0, 0.1) is 0 Å². The predicted octanol–water partition coefficient (Wildman–Crippen LogP) is 3.13. The topological polar surface area (TPSA) is 29.5 Å². The molecule has 0 radical (unpaired) electrons. The van der Waals surface area contributed by atoms with Gasteiger partial charge in [0.15, 0.2) is 0 Å². The molecule has 1 aromatic rings. The first-order valence-corrected chi connectivity index (χ1v) is 7.14. The molecule has 0 aromatic carbocycles. The van der Waals surface area contributed by atoms with Crippen molar-refractivity contribution >= 4 is 52.0 Å². The van der Waals surface area contributed by atoms with Crippen molar-refractivity contribution in [2.24, 2.45) is 0 Å². The average molecular weight is 315 g/mol. The van der Waals surface area contributed by atoms with Gasteiger partial charge in [-0.25, -0.2) is 0 Å². The van der Waals surface area contributed by atoms with Crippen LogP contribution in [0.2, 0.25) is 8.67 Å². The molecule has 1 unspecified atom stereocenters. The van der Waals surface area contributed by atoms with E-state index in [1.165, 1.54) is 11.3 Å². The van der Waals surface area contributed by atoms with Gasteiger partial charge in [0.1, 0.15) is 4.34 Å². The highest BCUT2D eigenvalue weighted by Crippen LogP contribution is 2.32. The molecule has 0 N–H and O–H groups in total. The van der Waals surface area contributed by atoms with Gasteiger partial charge in [0.2, 0.25) is 0 Å². The molecule has 1 saturated heterocycles. The van der Waals surface area contributed by atoms with E-state index in [2.05, 4.69) is 0 Å². The summed E-state index contributed by atoms with van der Waals surface area (Å²) in [5.41, 5.74) is 0.455. The number of thiophene rings is 1. The van der Waals surface area contributed by atoms with Crippen LogP contribution in [0.3, 0.4) is 0 Å². The number of alkyl halides is 1. The maximum Gasteiger partial charge on any atom is 0.256 e. The fourth-order valence-corrected chi connectivity index (χ4v) is 3.29. The van der Waals surface area contributed by atoms with Gasteiger partial charge in [-0.2, -0.15) is 0 Å². The second-order valence-electron chi connectivity index (χ2n) is 3.64. The zero-order valence-corrected chi connectivity index (χ0v) is 11.9. The number of rotatable bonds is 2. The number of morpholine rings is 1. The van der Waals surface area contributed by atoms with E-state index in [0.717, 1.165) is 0 Å². The third-order valence-electron chi connectivity index (χ3n) is 2.49. The SMILES string of the molecule is O=C(c1cc(Cl)sc1Cl)N1CCOC(CCl)C1. The van der Waals surface area contributed by atoms with Gasteiger partial charge in [-0.3, -0.25) is 4.79 Å². The highest BCUT2D eigenvalue weighted by Gasteiger charge is 2.26. The van der Waals surface area contributed by atoms with Crippen LogP contribution in [0.4, 0.5) is 0 Å². The lowest BCUT2D eigenvalue weighted by molar-refractivity contribution is -0.0107. The van der Waals surface area contributed by atoms with E-state index in [1.807, 2.05) is 0 Å². The summed E-state index contributed by atoms with van der Waals surface area (Å²) in [6.07, 6.45) is -0.109. The number of nitrogens with zero attached hydrogens (tertiary/aromatic N) is 1. The molecule has 1 aliphatic rings. The number of hydrogen-bond donors (Lipinski definition) is 0. The summed E-state index contributed by atoms with van der Waals surface area (Å²) in [5.74, 6) is 0.263. The Kier molecular flexibility index (Phi) is 4.55. The minimum atomic E-state index is -0.114. The van der Waals surface area contributed by atoms with Gasteiger partial charge < -0.3 is 9.64 Å². The molecule has 0 bridgehead atoms. The van der Waals surface area contributed by atoms with Crippen LogP contribution < -0.4 is 0 Å². The summed E-state index contributed by atoms with van der Waals surface area (Å²) in [6.45, 7) is 1.54. The molecule has 0 saturated carbocycles. The first kappa shape index (κ1) is 13.4. The second-order valence-corrected chi connectivity index (χ2v) is 6.23. The monoisotopic (exact) mass is 313 g/mol. The lowest BCUT2D eigenvalue weighted by atomic mass is 10.2. The summed E-state index contributed by atoms with van der Waals surface area (Å²) < 4.78 is 6.34. The summed E-state index contributed by atoms with van der Waals surface area (Å²) in [5, 5.41) is 0. The van der Waals surface area contributed by atoms with Crippen molar-refractivity contribution in [3.63, 3.8) is 0 Å². The van der Waals surface area contributed by atoms with Crippen LogP contribution in [-0.4, -0.2) is 42.5 Å². The van der Waals surface area contributed by atoms with Crippen molar-refractivity contribution in [1.29, 1.82) is 0 Å². The van der Waals surface area contributed by atoms with Gasteiger partial charge in [-0.05, 0) is 6.07 Å². The quantitative estimate of drug-likeness (QED) is 0.785. The van der Waals surface area contributed by atoms with E-state index in [4.69, 9.17) is 39.5 Å². The van der Waals surface area contributed by atoms with Crippen LogP contribution in [0.1, 0.15) is 10.4 Å². The number of carbonyl (C=O) groups excluding carboxylic acids is 1. The summed E-state index contributed by atoms with van der Waals surface area (Å²) in [7, 11) is 0. The molecule has 7 heteroatoms. The standard InChI is InChI=1S/C10H10Cl3NO2S/c11-4-6-5-14(1-2-16-6)10(15)7-3-8(12)17-9(7)13/h3,6H,1-2,4-5H2. The zero-order chi connectivity index (χ0) is 12.4. The first-order chi connectivity index (χ1) is 8.11. The third-order valence-corrected chi connectivity index (χ3v) is 4.32. The maximum atomic E-state index is 12.2. The Morgan fingerprint density at radius 3 is 2.94 bits per heavy atom. The van der Waals surface area contributed by atoms with Crippen LogP contribution >= 0.6 is 46.1 Å². The molecule has 2 heterocycles. The Balaban J connectivity index is 2.12. The number of hydrogen-bond acceptors (Lipinski definition) is 3. The molecule has 17 heavy (non-hydrogen) atoms. The molecule has 1 aromatic heterocycles. The Morgan fingerprint density at radius 2 is 2.35 bits per heavy atom. The lowest BCUT2D eigenvalue weighted by Gasteiger charge is -2.31. The Bertz CT molecular complexity index is 424. The number of amides is 1. The molecule has 0 aliphatic carbocycles. The van der Waals surface area contributed by atoms with E-state index in [-0.39, 0.29) is 12.0 Å². The minimum absolute atomic E-state index is 0.109. The van der Waals surface area contributed by atoms with Gasteiger partial charge in [0.05, 0.1) is 28.5 Å². The molecule has 1 aliphatic heterocycles. The predicted molar refractivity (Wildman–Crippen MR) is 70.7 cm³/mol. The molecular formula is C10H10Cl3NO2S. The Hall–Kier alpha value is -0.000000000000000111. The Labute approximate surface area is 118 Å². The van der Waals surface area contributed by atoms with Crippen LogP contribution in [-0.2, 0) is 4.74 Å². The van der Waals surface area contributed by atoms with Crippen molar-refractivity contribution in [3.8, 4) is 0 Å². The molecule has 1 amide bonds. The van der Waals surface area contributed by atoms with Crippen molar-refractivity contribution in [2.45, 2.75) is 6.10 Å². The van der Waals surface area contributed by atoms with E-state index < -0.39 is 0 Å². The van der Waals surface area contributed by atoms with Crippen molar-refractivity contribution in [2.75, 3.05) is 25.6 Å². The van der Waals surface area contributed by atoms with Crippen LogP contribution in [0.5, 0.6) is 0 Å². The first-order valence-electron chi connectivity index (χ1n) is 5.03. The molecule has 1 fully saturated rings. The van der Waals surface area contributed by atoms with E-state index in [9.17, 15) is 4.79 Å². The van der Waals surface area contributed by atoms with Gasteiger partial charge in [-0.1, -0.05) is 23.2 Å². The zero-order valence-electron chi connectivity index (χ0n) is 8.79. The molecular weight excluding hydrogens is 305 g/mol. The minimum Gasteiger partial charge on any atom is -0.373 e. The maximum absolute atomic E-state index is 12.2. The normalized spacial score (nSPS) is 20.6. The number of halogens is 3. The highest BCUT2D eigenvalue weighted by molar-refractivity contribution is 7.20. The molecule has 94 valence electrons. The summed E-state index contributed by atoms with van der Waals surface area (Å²) in [6, 6.07) is 1.60. The molecule has 3 nitrogen and oxygen atoms in total. The largest absolute Gasteiger partial charge is 0.373 e. The summed E-state index contributed by atoms with van der Waals surface area (Å²) in [4.78, 5) is 13.9. The van der Waals surface area contributed by atoms with Crippen LogP contribution in [0.15, 0.2) is 6.07 Å². The van der Waals surface area contributed by atoms with Crippen molar-refractivity contribution in [1.82, 2.24) is 4.90 Å². The average Bonchev–Trinajstić information content (AvgIpc) is 2.67. The van der Waals surface area contributed by atoms with Gasteiger partial charge in [-0.15, -0.1) is 22.9 Å². The lowest BCUT2D eigenvalue weighted by Crippen LogP contribution is -2.46. The highest BCUT2D eigenvalue weighted by atomic mass is 35.5. The van der Waals surface area contributed by atoms with Gasteiger partial charge in [0.25, 0.3) is 5.91 Å². The number of ether oxygens (including phenoxy) is 1. The molecule has 1 atom stereocenters. The van der Waals surface area contributed by atoms with E-state index in [1.54, 1.807) is 11.0 Å². The fourth-order valence-electron chi connectivity index (χ4n) is 1.65. The molecule has 0 spiro atoms. The third kappa shape index (κ3) is 3.06. The van der Waals surface area contributed by atoms with Crippen LogP contribution in [0.25, 0.3) is 0 Å².